The van der Waals surface area contributed by atoms with Gasteiger partial charge in [0.25, 0.3) is 0 Å². The van der Waals surface area contributed by atoms with Crippen molar-refractivity contribution in [2.75, 3.05) is 6.61 Å². The first-order valence-electron chi connectivity index (χ1n) is 5.74. The van der Waals surface area contributed by atoms with Crippen molar-refractivity contribution in [3.8, 4) is 17.4 Å². The Labute approximate surface area is 111 Å². The van der Waals surface area contributed by atoms with Crippen molar-refractivity contribution in [2.45, 2.75) is 12.8 Å². The summed E-state index contributed by atoms with van der Waals surface area (Å²) in [7, 11) is 0. The molecule has 0 saturated heterocycles. The smallest absolute Gasteiger partial charge is 0.219 e. The van der Waals surface area contributed by atoms with Gasteiger partial charge in [-0.2, -0.15) is 0 Å². The van der Waals surface area contributed by atoms with Crippen molar-refractivity contribution >= 4 is 11.6 Å². The van der Waals surface area contributed by atoms with E-state index in [9.17, 15) is 0 Å². The average Bonchev–Trinajstić information content (AvgIpc) is 2.41. The van der Waals surface area contributed by atoms with Crippen LogP contribution in [-0.2, 0) is 5.88 Å². The number of aromatic nitrogens is 1. The molecule has 1 heterocycles. The Balaban J connectivity index is 2.22. The largest absolute Gasteiger partial charge is 0.490 e. The van der Waals surface area contributed by atoms with Crippen LogP contribution in [0.15, 0.2) is 42.6 Å². The van der Waals surface area contributed by atoms with E-state index >= 15 is 0 Å². The number of halogens is 1. The zero-order chi connectivity index (χ0) is 12.8. The molecule has 1 aromatic heterocycles. The molecule has 0 amide bonds. The number of pyridine rings is 1. The minimum absolute atomic E-state index is 0.436. The molecular weight excluding hydrogens is 250 g/mol. The van der Waals surface area contributed by atoms with Gasteiger partial charge in [-0.25, -0.2) is 4.98 Å². The maximum atomic E-state index is 5.77. The van der Waals surface area contributed by atoms with E-state index in [1.165, 1.54) is 0 Å². The number of nitrogens with zero attached hydrogens (tertiary/aromatic N) is 1. The van der Waals surface area contributed by atoms with Gasteiger partial charge in [-0.3, -0.25) is 0 Å². The highest BCUT2D eigenvalue weighted by Gasteiger charge is 2.06. The summed E-state index contributed by atoms with van der Waals surface area (Å²) in [6.45, 7) is 2.53. The molecule has 0 aliphatic heterocycles. The molecule has 0 radical (unpaired) electrons. The fraction of sp³-hybridized carbons (Fsp3) is 0.214. The Morgan fingerprint density at radius 2 is 1.94 bits per heavy atom. The van der Waals surface area contributed by atoms with Crippen LogP contribution < -0.4 is 9.47 Å². The van der Waals surface area contributed by atoms with Crippen LogP contribution in [0.5, 0.6) is 17.4 Å². The maximum Gasteiger partial charge on any atom is 0.219 e. The highest BCUT2D eigenvalue weighted by molar-refractivity contribution is 6.17. The number of rotatable bonds is 5. The van der Waals surface area contributed by atoms with E-state index in [0.29, 0.717) is 29.9 Å². The zero-order valence-corrected chi connectivity index (χ0v) is 10.9. The van der Waals surface area contributed by atoms with Gasteiger partial charge in [0, 0.05) is 18.1 Å². The van der Waals surface area contributed by atoms with E-state index in [1.54, 1.807) is 6.20 Å². The summed E-state index contributed by atoms with van der Waals surface area (Å²) in [4.78, 5) is 4.15. The van der Waals surface area contributed by atoms with Crippen molar-refractivity contribution in [1.29, 1.82) is 0 Å². The number of alkyl halides is 1. The third-order valence-electron chi connectivity index (χ3n) is 2.32. The molecule has 2 aromatic rings. The van der Waals surface area contributed by atoms with Crippen LogP contribution in [0.1, 0.15) is 12.5 Å². The molecule has 1 aromatic carbocycles. The number of ether oxygens (including phenoxy) is 2. The second kappa shape index (κ2) is 6.26. The molecule has 18 heavy (non-hydrogen) atoms. The lowest BCUT2D eigenvalue weighted by molar-refractivity contribution is 0.319. The third-order valence-corrected chi connectivity index (χ3v) is 2.63. The molecular formula is C14H14ClNO2. The first-order chi connectivity index (χ1) is 8.83. The molecule has 0 atom stereocenters. The number of benzene rings is 1. The van der Waals surface area contributed by atoms with Gasteiger partial charge in [0.2, 0.25) is 5.88 Å². The van der Waals surface area contributed by atoms with Crippen molar-refractivity contribution in [3.05, 3.63) is 48.2 Å². The highest BCUT2D eigenvalue weighted by atomic mass is 35.5. The number of hydrogen-bond donors (Lipinski definition) is 0. The molecule has 3 nitrogen and oxygen atoms in total. The fourth-order valence-corrected chi connectivity index (χ4v) is 1.68. The molecule has 4 heteroatoms. The fourth-order valence-electron chi connectivity index (χ4n) is 1.51. The first kappa shape index (κ1) is 12.7. The summed E-state index contributed by atoms with van der Waals surface area (Å²) in [5, 5.41) is 0. The van der Waals surface area contributed by atoms with E-state index in [4.69, 9.17) is 21.1 Å². The van der Waals surface area contributed by atoms with Crippen LogP contribution in [0.4, 0.5) is 0 Å². The zero-order valence-electron chi connectivity index (χ0n) is 10.1. The maximum absolute atomic E-state index is 5.77. The monoisotopic (exact) mass is 263 g/mol. The molecule has 0 spiro atoms. The topological polar surface area (TPSA) is 31.4 Å². The van der Waals surface area contributed by atoms with Crippen LogP contribution >= 0.6 is 11.6 Å². The summed E-state index contributed by atoms with van der Waals surface area (Å²) < 4.78 is 11.2. The molecule has 94 valence electrons. The van der Waals surface area contributed by atoms with Crippen molar-refractivity contribution in [3.63, 3.8) is 0 Å². The summed E-state index contributed by atoms with van der Waals surface area (Å²) in [5.41, 5.74) is 0.968. The van der Waals surface area contributed by atoms with Gasteiger partial charge < -0.3 is 9.47 Å². The van der Waals surface area contributed by atoms with Crippen LogP contribution in [0.3, 0.4) is 0 Å². The molecule has 0 aliphatic carbocycles. The SMILES string of the molecule is CCOc1ccccc1Oc1cc(CCl)ccn1. The lowest BCUT2D eigenvalue weighted by Crippen LogP contribution is -1.95. The second-order valence-corrected chi connectivity index (χ2v) is 3.89. The molecule has 0 fully saturated rings. The summed E-state index contributed by atoms with van der Waals surface area (Å²) in [6.07, 6.45) is 1.68. The van der Waals surface area contributed by atoms with E-state index in [-0.39, 0.29) is 0 Å². The lowest BCUT2D eigenvalue weighted by Gasteiger charge is -2.10. The predicted octanol–water partition coefficient (Wildman–Crippen LogP) is 4.01. The van der Waals surface area contributed by atoms with Crippen LogP contribution in [0, 0.1) is 0 Å². The molecule has 0 bridgehead atoms. The molecule has 0 saturated carbocycles. The minimum Gasteiger partial charge on any atom is -0.490 e. The van der Waals surface area contributed by atoms with Crippen molar-refractivity contribution < 1.29 is 9.47 Å². The first-order valence-corrected chi connectivity index (χ1v) is 6.27. The number of hydrogen-bond acceptors (Lipinski definition) is 3. The van der Waals surface area contributed by atoms with Gasteiger partial charge in [-0.1, -0.05) is 12.1 Å². The Kier molecular flexibility index (Phi) is 4.42. The molecule has 2 rings (SSSR count). The molecule has 0 aliphatic rings. The molecule has 0 unspecified atom stereocenters. The quantitative estimate of drug-likeness (QED) is 0.764. The Bertz CT molecular complexity index is 517. The number of para-hydroxylation sites is 2. The van der Waals surface area contributed by atoms with Crippen molar-refractivity contribution in [2.24, 2.45) is 0 Å². The minimum atomic E-state index is 0.436. The average molecular weight is 264 g/mol. The third kappa shape index (κ3) is 3.14. The van der Waals surface area contributed by atoms with Gasteiger partial charge in [0.15, 0.2) is 11.5 Å². The highest BCUT2D eigenvalue weighted by Crippen LogP contribution is 2.30. The van der Waals surface area contributed by atoms with Gasteiger partial charge in [-0.05, 0) is 30.7 Å². The standard InChI is InChI=1S/C14H14ClNO2/c1-2-17-12-5-3-4-6-13(12)18-14-9-11(10-15)7-8-16-14/h3-9H,2,10H2,1H3. The summed E-state index contributed by atoms with van der Waals surface area (Å²) in [5.74, 6) is 2.31. The summed E-state index contributed by atoms with van der Waals surface area (Å²) in [6, 6.07) is 11.2. The van der Waals surface area contributed by atoms with Crippen LogP contribution in [-0.4, -0.2) is 11.6 Å². The van der Waals surface area contributed by atoms with Gasteiger partial charge in [0.05, 0.1) is 6.61 Å². The van der Waals surface area contributed by atoms with Crippen LogP contribution in [0.25, 0.3) is 0 Å². The van der Waals surface area contributed by atoms with E-state index in [0.717, 1.165) is 5.56 Å². The lowest BCUT2D eigenvalue weighted by atomic mass is 10.3. The van der Waals surface area contributed by atoms with Crippen molar-refractivity contribution in [1.82, 2.24) is 4.98 Å². The Morgan fingerprint density at radius 1 is 1.17 bits per heavy atom. The Morgan fingerprint density at radius 3 is 2.67 bits per heavy atom. The van der Waals surface area contributed by atoms with Gasteiger partial charge in [0.1, 0.15) is 0 Å². The summed E-state index contributed by atoms with van der Waals surface area (Å²) >= 11 is 5.77. The van der Waals surface area contributed by atoms with Gasteiger partial charge >= 0.3 is 0 Å². The van der Waals surface area contributed by atoms with Crippen LogP contribution in [0.2, 0.25) is 0 Å². The van der Waals surface area contributed by atoms with Gasteiger partial charge in [-0.15, -0.1) is 11.6 Å². The predicted molar refractivity (Wildman–Crippen MR) is 71.5 cm³/mol. The normalized spacial score (nSPS) is 10.1. The van der Waals surface area contributed by atoms with E-state index in [2.05, 4.69) is 4.98 Å². The van der Waals surface area contributed by atoms with E-state index < -0.39 is 0 Å². The second-order valence-electron chi connectivity index (χ2n) is 3.62. The Hall–Kier alpha value is -1.74. The molecule has 0 N–H and O–H groups in total. The van der Waals surface area contributed by atoms with E-state index in [1.807, 2.05) is 43.3 Å².